The molecule has 0 fully saturated rings. The van der Waals surface area contributed by atoms with Crippen molar-refractivity contribution in [1.82, 2.24) is 0 Å². The minimum atomic E-state index is 0.265. The van der Waals surface area contributed by atoms with Gasteiger partial charge in [-0.1, -0.05) is 20.8 Å². The van der Waals surface area contributed by atoms with Crippen molar-refractivity contribution in [3.05, 3.63) is 0 Å². The number of hydrogen-bond acceptors (Lipinski definition) is 3. The van der Waals surface area contributed by atoms with Gasteiger partial charge in [-0.25, -0.2) is 4.99 Å². The maximum atomic E-state index is 5.55. The first kappa shape index (κ1) is 11.5. The smallest absolute Gasteiger partial charge is 0.184 e. The third kappa shape index (κ3) is 4.09. The van der Waals surface area contributed by atoms with Crippen molar-refractivity contribution in [3.8, 4) is 0 Å². The minimum absolute atomic E-state index is 0.265. The van der Waals surface area contributed by atoms with Crippen molar-refractivity contribution in [2.45, 2.75) is 46.1 Å². The van der Waals surface area contributed by atoms with Crippen LogP contribution < -0.4 is 5.73 Å². The molecule has 0 aliphatic carbocycles. The van der Waals surface area contributed by atoms with E-state index in [1.807, 2.05) is 0 Å². The largest absolute Gasteiger partial charge is 0.479 e. The number of nitrogens with two attached hydrogens (primary N) is 1. The van der Waals surface area contributed by atoms with Crippen LogP contribution in [0.4, 0.5) is 0 Å². The van der Waals surface area contributed by atoms with Gasteiger partial charge in [0.1, 0.15) is 6.61 Å². The third-order valence-electron chi connectivity index (χ3n) is 2.19. The molecule has 0 saturated heterocycles. The zero-order chi connectivity index (χ0) is 10.6. The molecule has 0 aromatic heterocycles. The quantitative estimate of drug-likeness (QED) is 0.750. The van der Waals surface area contributed by atoms with Crippen molar-refractivity contribution in [1.29, 1.82) is 0 Å². The summed E-state index contributed by atoms with van der Waals surface area (Å²) in [7, 11) is 0. The summed E-state index contributed by atoms with van der Waals surface area (Å²) in [6.07, 6.45) is 3.04. The third-order valence-corrected chi connectivity index (χ3v) is 2.19. The Hall–Kier alpha value is -0.570. The van der Waals surface area contributed by atoms with Gasteiger partial charge in [-0.15, -0.1) is 0 Å². The van der Waals surface area contributed by atoms with Crippen molar-refractivity contribution < 1.29 is 4.74 Å². The summed E-state index contributed by atoms with van der Waals surface area (Å²) in [4.78, 5) is 4.55. The van der Waals surface area contributed by atoms with Gasteiger partial charge in [0.2, 0.25) is 0 Å². The second-order valence-electron chi connectivity index (χ2n) is 5.16. The number of nitrogens with zero attached hydrogens (tertiary/aromatic N) is 1. The molecular formula is C11H22N2O. The Morgan fingerprint density at radius 3 is 2.79 bits per heavy atom. The van der Waals surface area contributed by atoms with Crippen LogP contribution in [0.1, 0.15) is 40.0 Å². The number of rotatable bonds is 4. The first-order valence-corrected chi connectivity index (χ1v) is 5.41. The van der Waals surface area contributed by atoms with Crippen molar-refractivity contribution in [2.75, 3.05) is 13.2 Å². The molecule has 3 heteroatoms. The van der Waals surface area contributed by atoms with Crippen LogP contribution >= 0.6 is 0 Å². The SMILES string of the molecule is CC(C)(C)CC1=NC(CCCN)CO1. The van der Waals surface area contributed by atoms with Crippen LogP contribution in [-0.2, 0) is 4.74 Å². The fourth-order valence-corrected chi connectivity index (χ4v) is 1.52. The fourth-order valence-electron chi connectivity index (χ4n) is 1.52. The highest BCUT2D eigenvalue weighted by Crippen LogP contribution is 2.23. The molecule has 1 atom stereocenters. The van der Waals surface area contributed by atoms with Crippen LogP contribution in [0, 0.1) is 5.41 Å². The normalized spacial score (nSPS) is 22.0. The van der Waals surface area contributed by atoms with Crippen LogP contribution in [0.2, 0.25) is 0 Å². The Bertz CT molecular complexity index is 206. The van der Waals surface area contributed by atoms with Gasteiger partial charge in [-0.3, -0.25) is 0 Å². The number of aliphatic imine (C=N–C) groups is 1. The van der Waals surface area contributed by atoms with Gasteiger partial charge in [0.15, 0.2) is 5.90 Å². The molecule has 1 rings (SSSR count). The lowest BCUT2D eigenvalue weighted by Crippen LogP contribution is -2.12. The monoisotopic (exact) mass is 198 g/mol. The lowest BCUT2D eigenvalue weighted by molar-refractivity contribution is 0.287. The van der Waals surface area contributed by atoms with Gasteiger partial charge in [0.05, 0.1) is 6.04 Å². The van der Waals surface area contributed by atoms with Crippen LogP contribution in [0.5, 0.6) is 0 Å². The highest BCUT2D eigenvalue weighted by molar-refractivity contribution is 5.78. The number of hydrogen-bond donors (Lipinski definition) is 1. The molecule has 82 valence electrons. The van der Waals surface area contributed by atoms with Gasteiger partial charge >= 0.3 is 0 Å². The molecule has 1 aliphatic heterocycles. The molecule has 0 amide bonds. The van der Waals surface area contributed by atoms with E-state index in [-0.39, 0.29) is 5.41 Å². The van der Waals surface area contributed by atoms with Crippen molar-refractivity contribution in [2.24, 2.45) is 16.1 Å². The van der Waals surface area contributed by atoms with E-state index in [0.29, 0.717) is 6.04 Å². The summed E-state index contributed by atoms with van der Waals surface area (Å²) in [6.45, 7) is 8.11. The molecule has 3 nitrogen and oxygen atoms in total. The summed E-state index contributed by atoms with van der Waals surface area (Å²) in [5.74, 6) is 0.930. The Labute approximate surface area is 86.7 Å². The second-order valence-corrected chi connectivity index (χ2v) is 5.16. The van der Waals surface area contributed by atoms with E-state index in [4.69, 9.17) is 10.5 Å². The fraction of sp³-hybridized carbons (Fsp3) is 0.909. The molecule has 0 spiro atoms. The molecule has 0 radical (unpaired) electrons. The van der Waals surface area contributed by atoms with E-state index >= 15 is 0 Å². The molecule has 1 heterocycles. The second kappa shape index (κ2) is 4.78. The Kier molecular flexibility index (Phi) is 3.93. The summed E-state index contributed by atoms with van der Waals surface area (Å²) in [5.41, 5.74) is 5.72. The predicted octanol–water partition coefficient (Wildman–Crippen LogP) is 1.96. The molecule has 2 N–H and O–H groups in total. The molecule has 0 saturated carbocycles. The van der Waals surface area contributed by atoms with E-state index in [9.17, 15) is 0 Å². The lowest BCUT2D eigenvalue weighted by Gasteiger charge is -2.16. The van der Waals surface area contributed by atoms with E-state index in [1.54, 1.807) is 0 Å². The summed E-state index contributed by atoms with van der Waals surface area (Å²) in [6, 6.07) is 0.357. The maximum Gasteiger partial charge on any atom is 0.184 e. The van der Waals surface area contributed by atoms with E-state index in [0.717, 1.165) is 38.3 Å². The molecular weight excluding hydrogens is 176 g/mol. The standard InChI is InChI=1S/C11H22N2O/c1-11(2,3)7-10-13-9(8-14-10)5-4-6-12/h9H,4-8,12H2,1-3H3. The summed E-state index contributed by atoms with van der Waals surface area (Å²) >= 11 is 0. The molecule has 0 aromatic rings. The Morgan fingerprint density at radius 2 is 2.21 bits per heavy atom. The van der Waals surface area contributed by atoms with Gasteiger partial charge in [0.25, 0.3) is 0 Å². The molecule has 0 bridgehead atoms. The van der Waals surface area contributed by atoms with E-state index in [1.165, 1.54) is 0 Å². The average molecular weight is 198 g/mol. The lowest BCUT2D eigenvalue weighted by atomic mass is 9.92. The molecule has 0 aromatic carbocycles. The van der Waals surface area contributed by atoms with Gasteiger partial charge < -0.3 is 10.5 Å². The summed E-state index contributed by atoms with van der Waals surface area (Å²) in [5, 5.41) is 0. The highest BCUT2D eigenvalue weighted by Gasteiger charge is 2.22. The first-order valence-electron chi connectivity index (χ1n) is 5.41. The molecule has 1 aliphatic rings. The first-order chi connectivity index (χ1) is 6.51. The van der Waals surface area contributed by atoms with Crippen molar-refractivity contribution >= 4 is 5.90 Å². The van der Waals surface area contributed by atoms with Crippen LogP contribution in [-0.4, -0.2) is 25.1 Å². The minimum Gasteiger partial charge on any atom is -0.479 e. The van der Waals surface area contributed by atoms with Gasteiger partial charge in [-0.2, -0.15) is 0 Å². The molecule has 14 heavy (non-hydrogen) atoms. The van der Waals surface area contributed by atoms with Crippen molar-refractivity contribution in [3.63, 3.8) is 0 Å². The van der Waals surface area contributed by atoms with Crippen LogP contribution in [0.25, 0.3) is 0 Å². The Balaban J connectivity index is 2.35. The maximum absolute atomic E-state index is 5.55. The highest BCUT2D eigenvalue weighted by atomic mass is 16.5. The summed E-state index contributed by atoms with van der Waals surface area (Å²) < 4.78 is 5.55. The van der Waals surface area contributed by atoms with Gasteiger partial charge in [-0.05, 0) is 24.8 Å². The molecule has 1 unspecified atom stereocenters. The van der Waals surface area contributed by atoms with E-state index < -0.39 is 0 Å². The Morgan fingerprint density at radius 1 is 1.50 bits per heavy atom. The topological polar surface area (TPSA) is 47.6 Å². The van der Waals surface area contributed by atoms with Gasteiger partial charge in [0, 0.05) is 6.42 Å². The van der Waals surface area contributed by atoms with Crippen LogP contribution in [0.15, 0.2) is 4.99 Å². The zero-order valence-electron chi connectivity index (χ0n) is 9.55. The zero-order valence-corrected chi connectivity index (χ0v) is 9.55. The average Bonchev–Trinajstić information content (AvgIpc) is 2.46. The predicted molar refractivity (Wildman–Crippen MR) is 59.5 cm³/mol. The van der Waals surface area contributed by atoms with E-state index in [2.05, 4.69) is 25.8 Å². The van der Waals surface area contributed by atoms with Crippen LogP contribution in [0.3, 0.4) is 0 Å². The number of ether oxygens (including phenoxy) is 1.